The number of hydrogen-bond acceptors (Lipinski definition) is 7. The Morgan fingerprint density at radius 1 is 1.08 bits per heavy atom. The quantitative estimate of drug-likeness (QED) is 0.700. The van der Waals surface area contributed by atoms with Crippen molar-refractivity contribution in [3.8, 4) is 5.75 Å². The van der Waals surface area contributed by atoms with E-state index >= 15 is 0 Å². The Labute approximate surface area is 148 Å². The summed E-state index contributed by atoms with van der Waals surface area (Å²) in [5.74, 6) is 0.519. The van der Waals surface area contributed by atoms with Gasteiger partial charge in [0, 0.05) is 5.69 Å². The normalized spacial score (nSPS) is 10.4. The molecule has 0 unspecified atom stereocenters. The number of amides is 1. The van der Waals surface area contributed by atoms with Gasteiger partial charge in [-0.3, -0.25) is 5.32 Å². The second-order valence-electron chi connectivity index (χ2n) is 5.21. The largest absolute Gasteiger partial charge is 0.484 e. The van der Waals surface area contributed by atoms with Gasteiger partial charge in [0.25, 0.3) is 0 Å². The number of fused-ring (bicyclic) bond motifs is 1. The molecule has 0 atom stereocenters. The Morgan fingerprint density at radius 2 is 1.85 bits per heavy atom. The molecule has 3 aromatic rings. The van der Waals surface area contributed by atoms with E-state index in [2.05, 4.69) is 19.8 Å². The molecule has 134 valence electrons. The van der Waals surface area contributed by atoms with Crippen molar-refractivity contribution >= 4 is 28.8 Å². The Bertz CT molecular complexity index is 933. The summed E-state index contributed by atoms with van der Waals surface area (Å²) in [4.78, 5) is 27.0. The Kier molecular flexibility index (Phi) is 5.02. The van der Waals surface area contributed by atoms with Gasteiger partial charge in [-0.1, -0.05) is 0 Å². The van der Waals surface area contributed by atoms with Crippen LogP contribution in [0.5, 0.6) is 5.75 Å². The predicted molar refractivity (Wildman–Crippen MR) is 92.2 cm³/mol. The number of carbonyl (C=O) groups is 2. The fourth-order valence-corrected chi connectivity index (χ4v) is 2.23. The van der Waals surface area contributed by atoms with Crippen LogP contribution in [0.25, 0.3) is 11.1 Å². The fourth-order valence-electron chi connectivity index (χ4n) is 2.23. The first-order chi connectivity index (χ1) is 12.6. The topological polar surface area (TPSA) is 99.9 Å². The average molecular weight is 356 g/mol. The minimum absolute atomic E-state index is 0.117. The van der Waals surface area contributed by atoms with E-state index in [1.165, 1.54) is 14.2 Å². The van der Waals surface area contributed by atoms with Crippen molar-refractivity contribution in [2.75, 3.05) is 19.5 Å². The van der Waals surface area contributed by atoms with Crippen LogP contribution in [0.4, 0.5) is 10.5 Å². The monoisotopic (exact) mass is 356 g/mol. The molecule has 1 N–H and O–H groups in total. The highest BCUT2D eigenvalue weighted by molar-refractivity contribution is 5.93. The summed E-state index contributed by atoms with van der Waals surface area (Å²) in [6, 6.07) is 11.6. The van der Waals surface area contributed by atoms with Crippen molar-refractivity contribution in [2.45, 2.75) is 6.61 Å². The number of hydrogen-bond donors (Lipinski definition) is 1. The van der Waals surface area contributed by atoms with Gasteiger partial charge in [0.05, 0.1) is 19.8 Å². The molecule has 26 heavy (non-hydrogen) atoms. The van der Waals surface area contributed by atoms with Crippen molar-refractivity contribution in [3.05, 3.63) is 53.9 Å². The minimum atomic E-state index is -0.545. The van der Waals surface area contributed by atoms with Gasteiger partial charge >= 0.3 is 12.1 Å². The van der Waals surface area contributed by atoms with Gasteiger partial charge in [-0.05, 0) is 42.5 Å². The number of ether oxygens (including phenoxy) is 3. The first-order valence-electron chi connectivity index (χ1n) is 7.64. The summed E-state index contributed by atoms with van der Waals surface area (Å²) in [6.07, 6.45) is -0.545. The van der Waals surface area contributed by atoms with Gasteiger partial charge in [0.15, 0.2) is 12.2 Å². The second kappa shape index (κ2) is 7.56. The van der Waals surface area contributed by atoms with Crippen LogP contribution in [0.3, 0.4) is 0 Å². The number of nitrogens with zero attached hydrogens (tertiary/aromatic N) is 1. The highest BCUT2D eigenvalue weighted by atomic mass is 16.5. The van der Waals surface area contributed by atoms with E-state index in [0.29, 0.717) is 34.0 Å². The average Bonchev–Trinajstić information content (AvgIpc) is 3.08. The third-order valence-electron chi connectivity index (χ3n) is 3.50. The second-order valence-corrected chi connectivity index (χ2v) is 5.21. The molecule has 0 fully saturated rings. The maximum Gasteiger partial charge on any atom is 0.411 e. The summed E-state index contributed by atoms with van der Waals surface area (Å²) in [6.45, 7) is 0.117. The minimum Gasteiger partial charge on any atom is -0.484 e. The number of rotatable bonds is 5. The first kappa shape index (κ1) is 17.3. The highest BCUT2D eigenvalue weighted by Crippen LogP contribution is 2.20. The molecule has 0 aliphatic rings. The van der Waals surface area contributed by atoms with Crippen LogP contribution in [0.15, 0.2) is 46.9 Å². The molecule has 0 radical (unpaired) electrons. The lowest BCUT2D eigenvalue weighted by molar-refractivity contribution is 0.0601. The molecule has 2 aromatic carbocycles. The molecule has 8 nitrogen and oxygen atoms in total. The summed E-state index contributed by atoms with van der Waals surface area (Å²) < 4.78 is 20.4. The lowest BCUT2D eigenvalue weighted by Crippen LogP contribution is -2.10. The standard InChI is InChI=1S/C18H16N2O6/c1-23-17(21)11-3-8-15-14(9-11)20-16(26-15)10-25-13-6-4-12(5-7-13)19-18(22)24-2/h3-9H,10H2,1-2H3,(H,19,22). The first-order valence-corrected chi connectivity index (χ1v) is 7.64. The van der Waals surface area contributed by atoms with E-state index in [0.717, 1.165) is 0 Å². The maximum absolute atomic E-state index is 11.5. The predicted octanol–water partition coefficient (Wildman–Crippen LogP) is 3.37. The molecule has 1 heterocycles. The lowest BCUT2D eigenvalue weighted by Gasteiger charge is -2.06. The number of benzene rings is 2. The van der Waals surface area contributed by atoms with Crippen molar-refractivity contribution < 1.29 is 28.2 Å². The van der Waals surface area contributed by atoms with Gasteiger partial charge in [-0.2, -0.15) is 0 Å². The third-order valence-corrected chi connectivity index (χ3v) is 3.50. The van der Waals surface area contributed by atoms with Crippen molar-refractivity contribution in [1.29, 1.82) is 0 Å². The molecule has 1 aromatic heterocycles. The number of anilines is 1. The fraction of sp³-hybridized carbons (Fsp3) is 0.167. The molecule has 0 aliphatic heterocycles. The summed E-state index contributed by atoms with van der Waals surface area (Å²) in [7, 11) is 2.61. The van der Waals surface area contributed by atoms with E-state index in [1.54, 1.807) is 42.5 Å². The number of methoxy groups -OCH3 is 2. The van der Waals surface area contributed by atoms with Gasteiger partial charge in [0.1, 0.15) is 11.3 Å². The van der Waals surface area contributed by atoms with Gasteiger partial charge < -0.3 is 18.6 Å². The zero-order valence-corrected chi connectivity index (χ0v) is 14.1. The van der Waals surface area contributed by atoms with E-state index in [4.69, 9.17) is 9.15 Å². The number of oxazole rings is 1. The van der Waals surface area contributed by atoms with E-state index < -0.39 is 12.1 Å². The van der Waals surface area contributed by atoms with Crippen LogP contribution in [0.2, 0.25) is 0 Å². The lowest BCUT2D eigenvalue weighted by atomic mass is 10.2. The molecule has 0 saturated carbocycles. The number of carbonyl (C=O) groups excluding carboxylic acids is 2. The van der Waals surface area contributed by atoms with Crippen molar-refractivity contribution in [3.63, 3.8) is 0 Å². The highest BCUT2D eigenvalue weighted by Gasteiger charge is 2.11. The Hall–Kier alpha value is -3.55. The van der Waals surface area contributed by atoms with Gasteiger partial charge in [0.2, 0.25) is 5.89 Å². The SMILES string of the molecule is COC(=O)Nc1ccc(OCc2nc3cc(C(=O)OC)ccc3o2)cc1. The smallest absolute Gasteiger partial charge is 0.411 e. The summed E-state index contributed by atoms with van der Waals surface area (Å²) in [5, 5.41) is 2.54. The number of esters is 1. The number of aromatic nitrogens is 1. The van der Waals surface area contributed by atoms with Gasteiger partial charge in [-0.15, -0.1) is 0 Å². The molecular weight excluding hydrogens is 340 g/mol. The number of nitrogens with one attached hydrogen (secondary N) is 1. The maximum atomic E-state index is 11.5. The zero-order valence-electron chi connectivity index (χ0n) is 14.1. The Balaban J connectivity index is 1.65. The third kappa shape index (κ3) is 3.92. The van der Waals surface area contributed by atoms with E-state index in [9.17, 15) is 9.59 Å². The molecule has 0 aliphatic carbocycles. The van der Waals surface area contributed by atoms with E-state index in [1.807, 2.05) is 0 Å². The molecule has 3 rings (SSSR count). The van der Waals surface area contributed by atoms with Crippen LogP contribution in [-0.4, -0.2) is 31.3 Å². The van der Waals surface area contributed by atoms with Crippen molar-refractivity contribution in [2.24, 2.45) is 0 Å². The van der Waals surface area contributed by atoms with Crippen LogP contribution in [0.1, 0.15) is 16.2 Å². The van der Waals surface area contributed by atoms with Crippen LogP contribution >= 0.6 is 0 Å². The van der Waals surface area contributed by atoms with Crippen LogP contribution < -0.4 is 10.1 Å². The molecular formula is C18H16N2O6. The summed E-state index contributed by atoms with van der Waals surface area (Å²) in [5.41, 5.74) is 2.08. The van der Waals surface area contributed by atoms with Crippen LogP contribution in [0, 0.1) is 0 Å². The molecule has 0 saturated heterocycles. The van der Waals surface area contributed by atoms with Crippen molar-refractivity contribution in [1.82, 2.24) is 4.98 Å². The van der Waals surface area contributed by atoms with E-state index in [-0.39, 0.29) is 6.61 Å². The molecule has 0 spiro atoms. The van der Waals surface area contributed by atoms with Gasteiger partial charge in [-0.25, -0.2) is 14.6 Å². The molecule has 0 bridgehead atoms. The Morgan fingerprint density at radius 3 is 2.54 bits per heavy atom. The molecule has 8 heteroatoms. The summed E-state index contributed by atoms with van der Waals surface area (Å²) >= 11 is 0. The zero-order chi connectivity index (χ0) is 18.5. The van der Waals surface area contributed by atoms with Crippen LogP contribution in [-0.2, 0) is 16.1 Å². The molecule has 1 amide bonds.